The van der Waals surface area contributed by atoms with Gasteiger partial charge in [0.1, 0.15) is 6.61 Å². The molecule has 0 bridgehead atoms. The topological polar surface area (TPSA) is 50.7 Å². The highest BCUT2D eigenvalue weighted by Crippen LogP contribution is 2.31. The van der Waals surface area contributed by atoms with Crippen molar-refractivity contribution < 1.29 is 8.95 Å². The van der Waals surface area contributed by atoms with Crippen molar-refractivity contribution in [2.45, 2.75) is 31.7 Å². The highest BCUT2D eigenvalue weighted by atomic mass is 32.2. The van der Waals surface area contributed by atoms with Crippen LogP contribution in [0, 0.1) is 5.41 Å². The van der Waals surface area contributed by atoms with Crippen LogP contribution < -0.4 is 5.32 Å². The van der Waals surface area contributed by atoms with Gasteiger partial charge in [0, 0.05) is 11.2 Å². The third kappa shape index (κ3) is 3.41. The second-order valence-corrected chi connectivity index (χ2v) is 9.49. The standard InChI is InChI=1S/C19H24N2O2S/c1-19(2,3)17-13-23-18(20-17)15-11-8-12-16(15)21-24(4,22)14-9-6-5-7-10-14/h5-12,17,20H,13H2,1-4H3/b18-15+. The molecule has 5 heteroatoms. The lowest BCUT2D eigenvalue weighted by molar-refractivity contribution is 0.214. The van der Waals surface area contributed by atoms with Crippen LogP contribution in [0.3, 0.4) is 0 Å². The Morgan fingerprint density at radius 1 is 1.25 bits per heavy atom. The summed E-state index contributed by atoms with van der Waals surface area (Å²) in [7, 11) is -2.50. The minimum Gasteiger partial charge on any atom is -0.477 e. The molecule has 0 radical (unpaired) electrons. The summed E-state index contributed by atoms with van der Waals surface area (Å²) in [5, 5.41) is 3.44. The SMILES string of the molecule is CC(C)(C)C1CO/C(=C2\C=CC=C2N=S(C)(=O)c2ccccc2)N1. The smallest absolute Gasteiger partial charge is 0.196 e. The van der Waals surface area contributed by atoms with Gasteiger partial charge >= 0.3 is 0 Å². The maximum atomic E-state index is 13.0. The molecule has 0 aromatic heterocycles. The first-order valence-corrected chi connectivity index (χ1v) is 9.99. The molecule has 24 heavy (non-hydrogen) atoms. The number of hydrogen-bond donors (Lipinski definition) is 1. The Hall–Kier alpha value is -2.01. The van der Waals surface area contributed by atoms with Gasteiger partial charge in [0.05, 0.1) is 27.0 Å². The minimum absolute atomic E-state index is 0.105. The van der Waals surface area contributed by atoms with E-state index in [1.165, 1.54) is 0 Å². The number of nitrogens with one attached hydrogen (secondary N) is 1. The molecule has 1 saturated heterocycles. The molecule has 1 aromatic rings. The van der Waals surface area contributed by atoms with Crippen molar-refractivity contribution in [3.05, 3.63) is 65.7 Å². The quantitative estimate of drug-likeness (QED) is 0.887. The van der Waals surface area contributed by atoms with E-state index in [4.69, 9.17) is 4.74 Å². The minimum atomic E-state index is -2.50. The lowest BCUT2D eigenvalue weighted by Gasteiger charge is -2.24. The second-order valence-electron chi connectivity index (χ2n) is 7.23. The number of benzene rings is 1. The predicted molar refractivity (Wildman–Crippen MR) is 97.8 cm³/mol. The summed E-state index contributed by atoms with van der Waals surface area (Å²) in [6, 6.07) is 9.61. The first-order valence-electron chi connectivity index (χ1n) is 8.07. The van der Waals surface area contributed by atoms with E-state index in [1.54, 1.807) is 6.26 Å². The van der Waals surface area contributed by atoms with Gasteiger partial charge in [0.25, 0.3) is 0 Å². The summed E-state index contributed by atoms with van der Waals surface area (Å²) < 4.78 is 23.4. The Morgan fingerprint density at radius 3 is 2.58 bits per heavy atom. The lowest BCUT2D eigenvalue weighted by Crippen LogP contribution is -2.36. The molecular weight excluding hydrogens is 320 g/mol. The molecule has 2 aliphatic rings. The molecule has 1 N–H and O–H groups in total. The van der Waals surface area contributed by atoms with Crippen LogP contribution >= 0.6 is 0 Å². The highest BCUT2D eigenvalue weighted by Gasteiger charge is 2.32. The van der Waals surface area contributed by atoms with Crippen LogP contribution in [-0.2, 0) is 14.5 Å². The summed E-state index contributed by atoms with van der Waals surface area (Å²) in [5.41, 5.74) is 1.67. The van der Waals surface area contributed by atoms with E-state index in [2.05, 4.69) is 30.5 Å². The van der Waals surface area contributed by atoms with Gasteiger partial charge in [-0.25, -0.2) is 4.21 Å². The van der Waals surface area contributed by atoms with Gasteiger partial charge in [-0.3, -0.25) is 0 Å². The number of ether oxygens (including phenoxy) is 1. The van der Waals surface area contributed by atoms with Gasteiger partial charge in [-0.15, -0.1) is 0 Å². The Morgan fingerprint density at radius 2 is 1.96 bits per heavy atom. The van der Waals surface area contributed by atoms with Crippen molar-refractivity contribution in [3.8, 4) is 0 Å². The third-order valence-electron chi connectivity index (χ3n) is 4.24. The van der Waals surface area contributed by atoms with Crippen LogP contribution in [0.1, 0.15) is 20.8 Å². The van der Waals surface area contributed by atoms with Crippen molar-refractivity contribution in [2.75, 3.05) is 12.9 Å². The van der Waals surface area contributed by atoms with Crippen LogP contribution in [0.15, 0.2) is 75.0 Å². The number of rotatable bonds is 2. The number of allylic oxidation sites excluding steroid dienone is 3. The molecule has 2 atom stereocenters. The van der Waals surface area contributed by atoms with E-state index in [0.717, 1.165) is 16.4 Å². The molecule has 128 valence electrons. The Balaban J connectivity index is 1.92. The predicted octanol–water partition coefficient (Wildman–Crippen LogP) is 3.84. The van der Waals surface area contributed by atoms with Crippen LogP contribution in [0.2, 0.25) is 0 Å². The fraction of sp³-hybridized carbons (Fsp3) is 0.368. The molecular formula is C19H24N2O2S. The molecule has 1 aromatic carbocycles. The van der Waals surface area contributed by atoms with E-state index >= 15 is 0 Å². The molecule has 4 nitrogen and oxygen atoms in total. The Bertz CT molecular complexity index is 836. The van der Waals surface area contributed by atoms with Crippen molar-refractivity contribution in [2.24, 2.45) is 9.78 Å². The summed E-state index contributed by atoms with van der Waals surface area (Å²) in [6.45, 7) is 7.17. The Kier molecular flexibility index (Phi) is 4.30. The van der Waals surface area contributed by atoms with Crippen LogP contribution in [0.4, 0.5) is 0 Å². The molecule has 1 heterocycles. The van der Waals surface area contributed by atoms with Crippen LogP contribution in [-0.4, -0.2) is 23.1 Å². The van der Waals surface area contributed by atoms with Gasteiger partial charge in [0.15, 0.2) is 5.88 Å². The first kappa shape index (κ1) is 16.8. The molecule has 1 fully saturated rings. The lowest BCUT2D eigenvalue weighted by atomic mass is 9.88. The largest absolute Gasteiger partial charge is 0.477 e. The summed E-state index contributed by atoms with van der Waals surface area (Å²) in [4.78, 5) is 0.731. The summed E-state index contributed by atoms with van der Waals surface area (Å²) in [6.07, 6.45) is 7.42. The van der Waals surface area contributed by atoms with Crippen molar-refractivity contribution in [1.29, 1.82) is 0 Å². The van der Waals surface area contributed by atoms with Crippen LogP contribution in [0.5, 0.6) is 0 Å². The zero-order valence-electron chi connectivity index (χ0n) is 14.6. The molecule has 1 aliphatic heterocycles. The van der Waals surface area contributed by atoms with Gasteiger partial charge in [-0.1, -0.05) is 45.0 Å². The molecule has 0 saturated carbocycles. The molecule has 0 spiro atoms. The van der Waals surface area contributed by atoms with Crippen molar-refractivity contribution in [1.82, 2.24) is 5.32 Å². The van der Waals surface area contributed by atoms with Gasteiger partial charge in [-0.05, 0) is 29.7 Å². The van der Waals surface area contributed by atoms with Crippen molar-refractivity contribution in [3.63, 3.8) is 0 Å². The van der Waals surface area contributed by atoms with E-state index in [9.17, 15) is 4.21 Å². The van der Waals surface area contributed by atoms with E-state index < -0.39 is 9.73 Å². The second kappa shape index (κ2) is 6.13. The Labute approximate surface area is 144 Å². The molecule has 0 amide bonds. The summed E-state index contributed by atoms with van der Waals surface area (Å²) >= 11 is 0. The zero-order chi connectivity index (χ0) is 17.4. The fourth-order valence-corrected chi connectivity index (χ4v) is 3.93. The van der Waals surface area contributed by atoms with Crippen LogP contribution in [0.25, 0.3) is 0 Å². The van der Waals surface area contributed by atoms with Crippen molar-refractivity contribution >= 4 is 9.73 Å². The maximum absolute atomic E-state index is 13.0. The fourth-order valence-electron chi connectivity index (χ4n) is 2.63. The number of nitrogens with zero attached hydrogens (tertiary/aromatic N) is 1. The van der Waals surface area contributed by atoms with E-state index in [0.29, 0.717) is 12.3 Å². The average molecular weight is 344 g/mol. The normalized spacial score (nSPS) is 25.7. The summed E-state index contributed by atoms with van der Waals surface area (Å²) in [5.74, 6) is 0.724. The monoisotopic (exact) mass is 344 g/mol. The highest BCUT2D eigenvalue weighted by molar-refractivity contribution is 7.93. The average Bonchev–Trinajstić information content (AvgIpc) is 3.16. The van der Waals surface area contributed by atoms with E-state index in [-0.39, 0.29) is 11.5 Å². The number of hydrogen-bond acceptors (Lipinski definition) is 4. The molecule has 3 rings (SSSR count). The van der Waals surface area contributed by atoms with Gasteiger partial charge < -0.3 is 10.1 Å². The van der Waals surface area contributed by atoms with E-state index in [1.807, 2.05) is 48.6 Å². The third-order valence-corrected chi connectivity index (χ3v) is 5.93. The van der Waals surface area contributed by atoms with Gasteiger partial charge in [0.2, 0.25) is 0 Å². The molecule has 1 aliphatic carbocycles. The maximum Gasteiger partial charge on any atom is 0.196 e. The zero-order valence-corrected chi connectivity index (χ0v) is 15.4. The van der Waals surface area contributed by atoms with Gasteiger partial charge in [-0.2, -0.15) is 4.36 Å². The first-order chi connectivity index (χ1) is 11.3. The molecule has 2 unspecified atom stereocenters.